The Morgan fingerprint density at radius 3 is 2.87 bits per heavy atom. The Bertz CT molecular complexity index is 412. The Kier molecular flexibility index (Phi) is 2.37. The summed E-state index contributed by atoms with van der Waals surface area (Å²) in [6, 6.07) is 1.40. The number of nitrogens with zero attached hydrogens (tertiary/aromatic N) is 1. The van der Waals surface area contributed by atoms with Gasteiger partial charge in [-0.1, -0.05) is 0 Å². The van der Waals surface area contributed by atoms with Crippen LogP contribution >= 0.6 is 0 Å². The zero-order chi connectivity index (χ0) is 10.8. The molecule has 1 aliphatic rings. The number of rotatable bonds is 4. The van der Waals surface area contributed by atoms with Gasteiger partial charge < -0.3 is 9.84 Å². The van der Waals surface area contributed by atoms with Crippen LogP contribution in [0.4, 0.5) is 0 Å². The van der Waals surface area contributed by atoms with Crippen molar-refractivity contribution in [2.24, 2.45) is 0 Å². The number of aromatic nitrogens is 1. The highest BCUT2D eigenvalue weighted by Crippen LogP contribution is 2.28. The number of pyridine rings is 1. The zero-order valence-corrected chi connectivity index (χ0v) is 7.84. The second-order valence-electron chi connectivity index (χ2n) is 3.36. The predicted molar refractivity (Wildman–Crippen MR) is 50.2 cm³/mol. The summed E-state index contributed by atoms with van der Waals surface area (Å²) in [6.07, 6.45) is 3.75. The number of carboxylic acids is 1. The van der Waals surface area contributed by atoms with E-state index in [4.69, 9.17) is 9.84 Å². The first-order valence-electron chi connectivity index (χ1n) is 4.56. The topological polar surface area (TPSA) is 76.5 Å². The smallest absolute Gasteiger partial charge is 0.358 e. The van der Waals surface area contributed by atoms with Gasteiger partial charge in [-0.15, -0.1) is 0 Å². The molecule has 2 rings (SSSR count). The van der Waals surface area contributed by atoms with Crippen LogP contribution < -0.4 is 4.74 Å². The van der Waals surface area contributed by atoms with Crippen molar-refractivity contribution in [2.45, 2.75) is 18.9 Å². The molecule has 15 heavy (non-hydrogen) atoms. The average molecular weight is 207 g/mol. The summed E-state index contributed by atoms with van der Waals surface area (Å²) < 4.78 is 5.36. The van der Waals surface area contributed by atoms with Crippen molar-refractivity contribution in [1.29, 1.82) is 0 Å². The zero-order valence-electron chi connectivity index (χ0n) is 7.84. The molecule has 1 fully saturated rings. The van der Waals surface area contributed by atoms with E-state index in [1.165, 1.54) is 12.3 Å². The van der Waals surface area contributed by atoms with Gasteiger partial charge in [0.2, 0.25) is 0 Å². The minimum atomic E-state index is -1.15. The SMILES string of the molecule is O=Cc1cnc(C(=O)O)c(OC2CC2)c1. The van der Waals surface area contributed by atoms with Crippen molar-refractivity contribution in [2.75, 3.05) is 0 Å². The van der Waals surface area contributed by atoms with Crippen molar-refractivity contribution < 1.29 is 19.4 Å². The molecule has 0 aromatic carbocycles. The van der Waals surface area contributed by atoms with Crippen LogP contribution in [0.1, 0.15) is 33.7 Å². The van der Waals surface area contributed by atoms with Gasteiger partial charge in [0.1, 0.15) is 0 Å². The van der Waals surface area contributed by atoms with Gasteiger partial charge >= 0.3 is 5.97 Å². The number of carboxylic acid groups (broad SMARTS) is 1. The van der Waals surface area contributed by atoms with E-state index in [0.29, 0.717) is 11.8 Å². The molecule has 0 atom stereocenters. The molecule has 0 unspecified atom stereocenters. The first kappa shape index (κ1) is 9.64. The highest BCUT2D eigenvalue weighted by Gasteiger charge is 2.26. The van der Waals surface area contributed by atoms with Gasteiger partial charge in [-0.2, -0.15) is 0 Å². The lowest BCUT2D eigenvalue weighted by Crippen LogP contribution is -2.07. The highest BCUT2D eigenvalue weighted by atomic mass is 16.5. The lowest BCUT2D eigenvalue weighted by Gasteiger charge is -2.07. The van der Waals surface area contributed by atoms with Crippen LogP contribution in [0.3, 0.4) is 0 Å². The van der Waals surface area contributed by atoms with E-state index in [2.05, 4.69) is 4.98 Å². The summed E-state index contributed by atoms with van der Waals surface area (Å²) >= 11 is 0. The maximum atomic E-state index is 10.8. The minimum absolute atomic E-state index is 0.0757. The van der Waals surface area contributed by atoms with Crippen LogP contribution in [0.15, 0.2) is 12.3 Å². The van der Waals surface area contributed by atoms with E-state index < -0.39 is 5.97 Å². The number of hydrogen-bond acceptors (Lipinski definition) is 4. The molecule has 0 spiro atoms. The number of carbonyl (C=O) groups excluding carboxylic acids is 1. The third kappa shape index (κ3) is 2.12. The lowest BCUT2D eigenvalue weighted by molar-refractivity contribution is 0.0684. The summed E-state index contributed by atoms with van der Waals surface area (Å²) in [5.41, 5.74) is 0.170. The van der Waals surface area contributed by atoms with E-state index in [1.807, 2.05) is 0 Å². The molecular formula is C10H9NO4. The minimum Gasteiger partial charge on any atom is -0.488 e. The summed E-state index contributed by atoms with van der Waals surface area (Å²) in [7, 11) is 0. The van der Waals surface area contributed by atoms with Crippen molar-refractivity contribution in [3.05, 3.63) is 23.5 Å². The van der Waals surface area contributed by atoms with Crippen LogP contribution in [-0.2, 0) is 0 Å². The fourth-order valence-corrected chi connectivity index (χ4v) is 1.14. The van der Waals surface area contributed by atoms with Crippen LogP contribution in [0.2, 0.25) is 0 Å². The Hall–Kier alpha value is -1.91. The highest BCUT2D eigenvalue weighted by molar-refractivity contribution is 5.89. The maximum Gasteiger partial charge on any atom is 0.358 e. The van der Waals surface area contributed by atoms with Gasteiger partial charge in [0.05, 0.1) is 6.10 Å². The van der Waals surface area contributed by atoms with Crippen LogP contribution in [-0.4, -0.2) is 28.4 Å². The molecule has 5 nitrogen and oxygen atoms in total. The fraction of sp³-hybridized carbons (Fsp3) is 0.300. The van der Waals surface area contributed by atoms with Crippen molar-refractivity contribution in [3.63, 3.8) is 0 Å². The van der Waals surface area contributed by atoms with E-state index in [1.54, 1.807) is 0 Å². The number of aromatic carboxylic acids is 1. The van der Waals surface area contributed by atoms with Gasteiger partial charge in [-0.3, -0.25) is 4.79 Å². The third-order valence-electron chi connectivity index (χ3n) is 2.03. The largest absolute Gasteiger partial charge is 0.488 e. The van der Waals surface area contributed by atoms with Gasteiger partial charge in [-0.05, 0) is 18.9 Å². The number of aldehydes is 1. The summed E-state index contributed by atoms with van der Waals surface area (Å²) in [6.45, 7) is 0. The molecule has 0 amide bonds. The third-order valence-corrected chi connectivity index (χ3v) is 2.03. The molecule has 0 saturated heterocycles. The predicted octanol–water partition coefficient (Wildman–Crippen LogP) is 1.13. The molecule has 5 heteroatoms. The molecule has 0 radical (unpaired) electrons. The van der Waals surface area contributed by atoms with Gasteiger partial charge in [0.15, 0.2) is 17.7 Å². The van der Waals surface area contributed by atoms with E-state index in [0.717, 1.165) is 12.8 Å². The second kappa shape index (κ2) is 3.68. The van der Waals surface area contributed by atoms with E-state index in [-0.39, 0.29) is 17.5 Å². The quantitative estimate of drug-likeness (QED) is 0.749. The van der Waals surface area contributed by atoms with Crippen LogP contribution in [0.25, 0.3) is 0 Å². The molecule has 0 aliphatic heterocycles. The average Bonchev–Trinajstić information content (AvgIpc) is 3.01. The van der Waals surface area contributed by atoms with E-state index in [9.17, 15) is 9.59 Å². The van der Waals surface area contributed by atoms with Crippen molar-refractivity contribution >= 4 is 12.3 Å². The molecule has 1 aliphatic carbocycles. The van der Waals surface area contributed by atoms with Crippen LogP contribution in [0.5, 0.6) is 5.75 Å². The second-order valence-corrected chi connectivity index (χ2v) is 3.36. The molecule has 0 bridgehead atoms. The van der Waals surface area contributed by atoms with Gasteiger partial charge in [0, 0.05) is 11.8 Å². The molecule has 78 valence electrons. The van der Waals surface area contributed by atoms with E-state index >= 15 is 0 Å². The molecule has 1 saturated carbocycles. The van der Waals surface area contributed by atoms with Crippen molar-refractivity contribution in [1.82, 2.24) is 4.98 Å². The monoisotopic (exact) mass is 207 g/mol. The standard InChI is InChI=1S/C10H9NO4/c12-5-6-3-8(15-7-1-2-7)9(10(13)14)11-4-6/h3-5,7H,1-2H2,(H,13,14). The molecular weight excluding hydrogens is 198 g/mol. The van der Waals surface area contributed by atoms with Crippen molar-refractivity contribution in [3.8, 4) is 5.75 Å². The number of carbonyl (C=O) groups is 2. The Balaban J connectivity index is 2.34. The number of ether oxygens (including phenoxy) is 1. The Morgan fingerprint density at radius 1 is 1.60 bits per heavy atom. The first-order valence-corrected chi connectivity index (χ1v) is 4.56. The Morgan fingerprint density at radius 2 is 2.33 bits per heavy atom. The maximum absolute atomic E-state index is 10.8. The Labute approximate surface area is 85.7 Å². The summed E-state index contributed by atoms with van der Waals surface area (Å²) in [5.74, 6) is -0.974. The normalized spacial score (nSPS) is 14.7. The van der Waals surface area contributed by atoms with Crippen LogP contribution in [0, 0.1) is 0 Å². The molecule has 1 aromatic rings. The molecule has 1 N–H and O–H groups in total. The van der Waals surface area contributed by atoms with Gasteiger partial charge in [-0.25, -0.2) is 9.78 Å². The van der Waals surface area contributed by atoms with Gasteiger partial charge in [0.25, 0.3) is 0 Å². The summed E-state index contributed by atoms with van der Waals surface area (Å²) in [5, 5.41) is 8.83. The summed E-state index contributed by atoms with van der Waals surface area (Å²) in [4.78, 5) is 25.0. The first-order chi connectivity index (χ1) is 7.20. The lowest BCUT2D eigenvalue weighted by atomic mass is 10.2. The fourth-order valence-electron chi connectivity index (χ4n) is 1.14. The molecule has 1 aromatic heterocycles. The molecule has 1 heterocycles. The number of hydrogen-bond donors (Lipinski definition) is 1.